The lowest BCUT2D eigenvalue weighted by atomic mass is 10.2. The summed E-state index contributed by atoms with van der Waals surface area (Å²) in [5, 5.41) is 2.73. The van der Waals surface area contributed by atoms with Gasteiger partial charge in [0.1, 0.15) is 5.75 Å². The van der Waals surface area contributed by atoms with Crippen LogP contribution in [0.1, 0.15) is 25.3 Å². The monoisotopic (exact) mass is 328 g/mol. The number of amides is 1. The van der Waals surface area contributed by atoms with E-state index in [1.807, 2.05) is 19.1 Å². The maximum atomic E-state index is 11.8. The van der Waals surface area contributed by atoms with Crippen LogP contribution in [0.5, 0.6) is 5.75 Å². The molecule has 0 bridgehead atoms. The molecule has 1 aromatic carbocycles. The summed E-state index contributed by atoms with van der Waals surface area (Å²) in [6.07, 6.45) is 2.40. The first-order valence-electron chi connectivity index (χ1n) is 7.21. The van der Waals surface area contributed by atoms with Crippen molar-refractivity contribution in [3.63, 3.8) is 0 Å². The van der Waals surface area contributed by atoms with E-state index in [0.717, 1.165) is 17.7 Å². The molecule has 0 radical (unpaired) electrons. The molecule has 0 heterocycles. The molecule has 124 valence electrons. The minimum Gasteiger partial charge on any atom is -0.497 e. The Balaban J connectivity index is 2.63. The predicted molar refractivity (Wildman–Crippen MR) is 86.2 cm³/mol. The van der Waals surface area contributed by atoms with Crippen molar-refractivity contribution < 1.29 is 17.9 Å². The SMILES string of the molecule is CCCC(=O)NCCN(Cc1ccc(OC)cc1)S(C)(=O)=O. The lowest BCUT2D eigenvalue weighted by Gasteiger charge is -2.20. The summed E-state index contributed by atoms with van der Waals surface area (Å²) in [4.78, 5) is 11.4. The molecule has 0 atom stereocenters. The number of rotatable bonds is 9. The van der Waals surface area contributed by atoms with E-state index in [0.29, 0.717) is 13.0 Å². The zero-order chi connectivity index (χ0) is 16.6. The standard InChI is InChI=1S/C15H24N2O4S/c1-4-5-15(18)16-10-11-17(22(3,19)20)12-13-6-8-14(21-2)9-7-13/h6-9H,4-5,10-12H2,1-3H3,(H,16,18). The highest BCUT2D eigenvalue weighted by molar-refractivity contribution is 7.88. The second kappa shape index (κ2) is 8.75. The van der Waals surface area contributed by atoms with Gasteiger partial charge in [-0.1, -0.05) is 19.1 Å². The van der Waals surface area contributed by atoms with Crippen LogP contribution in [0.3, 0.4) is 0 Å². The summed E-state index contributed by atoms with van der Waals surface area (Å²) in [6.45, 7) is 2.75. The molecule has 0 aliphatic heterocycles. The second-order valence-corrected chi connectivity index (χ2v) is 7.03. The molecule has 1 N–H and O–H groups in total. The maximum Gasteiger partial charge on any atom is 0.220 e. The van der Waals surface area contributed by atoms with Crippen LogP contribution in [0.15, 0.2) is 24.3 Å². The fourth-order valence-corrected chi connectivity index (χ4v) is 2.74. The molecule has 6 nitrogen and oxygen atoms in total. The maximum absolute atomic E-state index is 11.8. The molecular formula is C15H24N2O4S. The molecule has 0 aromatic heterocycles. The summed E-state index contributed by atoms with van der Waals surface area (Å²) < 4.78 is 30.1. The van der Waals surface area contributed by atoms with Gasteiger partial charge in [-0.2, -0.15) is 4.31 Å². The van der Waals surface area contributed by atoms with E-state index < -0.39 is 10.0 Å². The number of carbonyl (C=O) groups is 1. The van der Waals surface area contributed by atoms with Gasteiger partial charge in [0.15, 0.2) is 0 Å². The van der Waals surface area contributed by atoms with Crippen molar-refractivity contribution in [2.24, 2.45) is 0 Å². The van der Waals surface area contributed by atoms with Crippen molar-refractivity contribution in [2.75, 3.05) is 26.5 Å². The number of nitrogens with one attached hydrogen (secondary N) is 1. The summed E-state index contributed by atoms with van der Waals surface area (Å²) >= 11 is 0. The number of nitrogens with zero attached hydrogens (tertiary/aromatic N) is 1. The molecule has 0 fully saturated rings. The molecule has 0 aliphatic rings. The Bertz CT molecular complexity index is 570. The van der Waals surface area contributed by atoms with Crippen molar-refractivity contribution in [2.45, 2.75) is 26.3 Å². The zero-order valence-corrected chi connectivity index (χ0v) is 14.1. The van der Waals surface area contributed by atoms with E-state index in [9.17, 15) is 13.2 Å². The quantitative estimate of drug-likeness (QED) is 0.743. The van der Waals surface area contributed by atoms with Crippen molar-refractivity contribution in [1.82, 2.24) is 9.62 Å². The highest BCUT2D eigenvalue weighted by atomic mass is 32.2. The fourth-order valence-electron chi connectivity index (χ4n) is 1.93. The van der Waals surface area contributed by atoms with Crippen LogP contribution >= 0.6 is 0 Å². The van der Waals surface area contributed by atoms with Gasteiger partial charge in [-0.05, 0) is 24.1 Å². The van der Waals surface area contributed by atoms with E-state index in [-0.39, 0.29) is 19.0 Å². The molecule has 0 unspecified atom stereocenters. The van der Waals surface area contributed by atoms with Crippen molar-refractivity contribution in [1.29, 1.82) is 0 Å². The lowest BCUT2D eigenvalue weighted by Crippen LogP contribution is -2.37. The Labute approximate surface area is 132 Å². The van der Waals surface area contributed by atoms with Crippen molar-refractivity contribution in [3.05, 3.63) is 29.8 Å². The first-order valence-corrected chi connectivity index (χ1v) is 9.06. The molecule has 7 heteroatoms. The van der Waals surface area contributed by atoms with E-state index in [4.69, 9.17) is 4.74 Å². The first kappa shape index (κ1) is 18.4. The first-order chi connectivity index (χ1) is 10.4. The molecule has 1 rings (SSSR count). The third-order valence-corrected chi connectivity index (χ3v) is 4.40. The minimum atomic E-state index is -3.34. The van der Waals surface area contributed by atoms with Gasteiger partial charge in [-0.15, -0.1) is 0 Å². The average molecular weight is 328 g/mol. The Morgan fingerprint density at radius 1 is 1.27 bits per heavy atom. The van der Waals surface area contributed by atoms with Crippen LogP contribution in [-0.2, 0) is 21.4 Å². The minimum absolute atomic E-state index is 0.0552. The second-order valence-electron chi connectivity index (χ2n) is 5.04. The van der Waals surface area contributed by atoms with Crippen LogP contribution in [0.2, 0.25) is 0 Å². The normalized spacial score (nSPS) is 11.5. The summed E-state index contributed by atoms with van der Waals surface area (Å²) in [7, 11) is -1.76. The Morgan fingerprint density at radius 3 is 2.41 bits per heavy atom. The fraction of sp³-hybridized carbons (Fsp3) is 0.533. The van der Waals surface area contributed by atoms with Gasteiger partial charge in [-0.25, -0.2) is 8.42 Å². The topological polar surface area (TPSA) is 75.7 Å². The smallest absolute Gasteiger partial charge is 0.220 e. The van der Waals surface area contributed by atoms with Crippen molar-refractivity contribution >= 4 is 15.9 Å². The average Bonchev–Trinajstić information content (AvgIpc) is 2.46. The van der Waals surface area contributed by atoms with Crippen LogP contribution in [-0.4, -0.2) is 45.1 Å². The lowest BCUT2D eigenvalue weighted by molar-refractivity contribution is -0.121. The number of methoxy groups -OCH3 is 1. The van der Waals surface area contributed by atoms with E-state index in [1.165, 1.54) is 10.6 Å². The molecule has 22 heavy (non-hydrogen) atoms. The molecule has 0 saturated heterocycles. The number of ether oxygens (including phenoxy) is 1. The van der Waals surface area contributed by atoms with Crippen LogP contribution < -0.4 is 10.1 Å². The van der Waals surface area contributed by atoms with Gasteiger partial charge in [0.2, 0.25) is 15.9 Å². The molecule has 0 spiro atoms. The van der Waals surface area contributed by atoms with Crippen LogP contribution in [0.25, 0.3) is 0 Å². The summed E-state index contributed by atoms with van der Waals surface area (Å²) in [5.74, 6) is 0.668. The number of hydrogen-bond donors (Lipinski definition) is 1. The third kappa shape index (κ3) is 6.44. The number of carbonyl (C=O) groups excluding carboxylic acids is 1. The Hall–Kier alpha value is -1.60. The number of benzene rings is 1. The van der Waals surface area contributed by atoms with E-state index in [2.05, 4.69) is 5.32 Å². The highest BCUT2D eigenvalue weighted by Gasteiger charge is 2.17. The van der Waals surface area contributed by atoms with Gasteiger partial charge in [0.05, 0.1) is 13.4 Å². The van der Waals surface area contributed by atoms with Gasteiger partial charge < -0.3 is 10.1 Å². The summed E-state index contributed by atoms with van der Waals surface area (Å²) in [5.41, 5.74) is 0.867. The van der Waals surface area contributed by atoms with Crippen molar-refractivity contribution in [3.8, 4) is 5.75 Å². The van der Waals surface area contributed by atoms with Crippen LogP contribution in [0.4, 0.5) is 0 Å². The van der Waals surface area contributed by atoms with Crippen LogP contribution in [0, 0.1) is 0 Å². The third-order valence-electron chi connectivity index (χ3n) is 3.15. The van der Waals surface area contributed by atoms with Gasteiger partial charge in [-0.3, -0.25) is 4.79 Å². The molecule has 1 aromatic rings. The molecular weight excluding hydrogens is 304 g/mol. The number of sulfonamides is 1. The van der Waals surface area contributed by atoms with Gasteiger partial charge >= 0.3 is 0 Å². The summed E-state index contributed by atoms with van der Waals surface area (Å²) in [6, 6.07) is 7.23. The molecule has 0 saturated carbocycles. The molecule has 0 aliphatic carbocycles. The largest absolute Gasteiger partial charge is 0.497 e. The Kier molecular flexibility index (Phi) is 7.34. The van der Waals surface area contributed by atoms with Gasteiger partial charge in [0.25, 0.3) is 0 Å². The molecule has 1 amide bonds. The zero-order valence-electron chi connectivity index (χ0n) is 13.3. The van der Waals surface area contributed by atoms with E-state index in [1.54, 1.807) is 19.2 Å². The Morgan fingerprint density at radius 2 is 1.91 bits per heavy atom. The highest BCUT2D eigenvalue weighted by Crippen LogP contribution is 2.14. The predicted octanol–water partition coefficient (Wildman–Crippen LogP) is 1.37. The van der Waals surface area contributed by atoms with E-state index >= 15 is 0 Å². The number of hydrogen-bond acceptors (Lipinski definition) is 4. The van der Waals surface area contributed by atoms with Gasteiger partial charge in [0, 0.05) is 26.1 Å².